The van der Waals surface area contributed by atoms with Crippen LogP contribution in [0.1, 0.15) is 11.5 Å². The van der Waals surface area contributed by atoms with Gasteiger partial charge in [0, 0.05) is 0 Å². The Balaban J connectivity index is 3.06. The summed E-state index contributed by atoms with van der Waals surface area (Å²) in [5.41, 5.74) is 0.531. The van der Waals surface area contributed by atoms with Gasteiger partial charge >= 0.3 is 5.97 Å². The highest BCUT2D eigenvalue weighted by Gasteiger charge is 2.21. The molecule has 0 saturated heterocycles. The van der Waals surface area contributed by atoms with Crippen molar-refractivity contribution in [3.05, 3.63) is 23.8 Å². The van der Waals surface area contributed by atoms with E-state index >= 15 is 0 Å². The average Bonchev–Trinajstić information content (AvgIpc) is 2.31. The zero-order valence-electron chi connectivity index (χ0n) is 9.14. The highest BCUT2D eigenvalue weighted by molar-refractivity contribution is 5.78. The van der Waals surface area contributed by atoms with Gasteiger partial charge in [-0.05, 0) is 17.7 Å². The molecule has 0 unspecified atom stereocenters. The van der Waals surface area contributed by atoms with Gasteiger partial charge in [-0.3, -0.25) is 4.79 Å². The predicted octanol–water partition coefficient (Wildman–Crippen LogP) is 0.650. The van der Waals surface area contributed by atoms with E-state index in [-0.39, 0.29) is 18.1 Å². The zero-order chi connectivity index (χ0) is 12.1. The largest absolute Gasteiger partial charge is 0.504 e. The van der Waals surface area contributed by atoms with E-state index in [1.807, 2.05) is 0 Å². The lowest BCUT2D eigenvalue weighted by atomic mass is 10.00. The maximum absolute atomic E-state index is 11.3. The van der Waals surface area contributed by atoms with Gasteiger partial charge in [-0.1, -0.05) is 6.07 Å². The van der Waals surface area contributed by atoms with E-state index in [2.05, 4.69) is 4.74 Å². The van der Waals surface area contributed by atoms with Gasteiger partial charge in [-0.15, -0.1) is 0 Å². The Labute approximate surface area is 93.2 Å². The normalized spacial score (nSPS) is 11.9. The van der Waals surface area contributed by atoms with Gasteiger partial charge in [-0.25, -0.2) is 0 Å². The van der Waals surface area contributed by atoms with E-state index < -0.39 is 11.9 Å². The van der Waals surface area contributed by atoms with Crippen molar-refractivity contribution in [1.82, 2.24) is 0 Å². The molecule has 5 nitrogen and oxygen atoms in total. The van der Waals surface area contributed by atoms with Crippen LogP contribution in [0.2, 0.25) is 0 Å². The van der Waals surface area contributed by atoms with Crippen LogP contribution in [0, 0.1) is 0 Å². The molecule has 0 aromatic heterocycles. The summed E-state index contributed by atoms with van der Waals surface area (Å²) in [5, 5.41) is 18.5. The number of aliphatic hydroxyl groups excluding tert-OH is 1. The van der Waals surface area contributed by atoms with Crippen LogP contribution < -0.4 is 4.74 Å². The summed E-state index contributed by atoms with van der Waals surface area (Å²) in [4.78, 5) is 11.3. The van der Waals surface area contributed by atoms with Gasteiger partial charge in [0.1, 0.15) is 5.92 Å². The van der Waals surface area contributed by atoms with Crippen molar-refractivity contribution in [3.63, 3.8) is 0 Å². The molecule has 1 rings (SSSR count). The van der Waals surface area contributed by atoms with E-state index in [9.17, 15) is 9.90 Å². The van der Waals surface area contributed by atoms with Crippen LogP contribution in [0.3, 0.4) is 0 Å². The minimum atomic E-state index is -0.764. The van der Waals surface area contributed by atoms with Crippen LogP contribution in [-0.4, -0.2) is 37.0 Å². The van der Waals surface area contributed by atoms with Crippen LogP contribution >= 0.6 is 0 Å². The van der Waals surface area contributed by atoms with Gasteiger partial charge < -0.3 is 19.7 Å². The minimum absolute atomic E-state index is 0.0206. The topological polar surface area (TPSA) is 76.0 Å². The molecule has 0 bridgehead atoms. The SMILES string of the molecule is COC(=O)[C@@H](CO)c1ccc(O)c(OC)c1. The van der Waals surface area contributed by atoms with Crippen LogP contribution in [-0.2, 0) is 9.53 Å². The second-order valence-electron chi connectivity index (χ2n) is 3.19. The van der Waals surface area contributed by atoms with Gasteiger partial charge in [-0.2, -0.15) is 0 Å². The number of benzene rings is 1. The fourth-order valence-electron chi connectivity index (χ4n) is 1.37. The number of phenolic OH excluding ortho intramolecular Hbond substituents is 1. The molecule has 0 aliphatic rings. The molecular formula is C11H14O5. The number of phenols is 1. The van der Waals surface area contributed by atoms with E-state index in [1.54, 1.807) is 0 Å². The Hall–Kier alpha value is -1.75. The number of esters is 1. The Morgan fingerprint density at radius 2 is 2.12 bits per heavy atom. The summed E-state index contributed by atoms with van der Waals surface area (Å²) >= 11 is 0. The fraction of sp³-hybridized carbons (Fsp3) is 0.364. The monoisotopic (exact) mass is 226 g/mol. The third-order valence-corrected chi connectivity index (χ3v) is 2.27. The second kappa shape index (κ2) is 5.37. The number of methoxy groups -OCH3 is 2. The highest BCUT2D eigenvalue weighted by Crippen LogP contribution is 2.29. The number of hydrogen-bond donors (Lipinski definition) is 2. The van der Waals surface area contributed by atoms with Crippen molar-refractivity contribution in [2.75, 3.05) is 20.8 Å². The number of carbonyl (C=O) groups is 1. The summed E-state index contributed by atoms with van der Waals surface area (Å²) in [7, 11) is 2.66. The Kier molecular flexibility index (Phi) is 4.13. The first-order valence-corrected chi connectivity index (χ1v) is 4.69. The molecule has 0 saturated carbocycles. The molecule has 0 radical (unpaired) electrons. The van der Waals surface area contributed by atoms with Crippen LogP contribution in [0.5, 0.6) is 11.5 Å². The zero-order valence-corrected chi connectivity index (χ0v) is 9.14. The molecule has 5 heteroatoms. The van der Waals surface area contributed by atoms with Crippen molar-refractivity contribution < 1.29 is 24.5 Å². The lowest BCUT2D eigenvalue weighted by Crippen LogP contribution is -2.17. The summed E-state index contributed by atoms with van der Waals surface area (Å²) in [6, 6.07) is 4.43. The first-order chi connectivity index (χ1) is 7.63. The molecule has 88 valence electrons. The van der Waals surface area contributed by atoms with Crippen molar-refractivity contribution in [1.29, 1.82) is 0 Å². The molecule has 0 spiro atoms. The summed E-state index contributed by atoms with van der Waals surface area (Å²) in [6.45, 7) is -0.361. The third-order valence-electron chi connectivity index (χ3n) is 2.27. The first-order valence-electron chi connectivity index (χ1n) is 4.69. The van der Waals surface area contributed by atoms with Gasteiger partial charge in [0.2, 0.25) is 0 Å². The quantitative estimate of drug-likeness (QED) is 0.737. The van der Waals surface area contributed by atoms with Crippen molar-refractivity contribution in [3.8, 4) is 11.5 Å². The Morgan fingerprint density at radius 3 is 2.62 bits per heavy atom. The molecular weight excluding hydrogens is 212 g/mol. The molecule has 1 aromatic carbocycles. The lowest BCUT2D eigenvalue weighted by Gasteiger charge is -2.13. The molecule has 1 atom stereocenters. The molecule has 0 aliphatic carbocycles. The van der Waals surface area contributed by atoms with Crippen LogP contribution in [0.15, 0.2) is 18.2 Å². The Morgan fingerprint density at radius 1 is 1.44 bits per heavy atom. The third kappa shape index (κ3) is 2.43. The summed E-state index contributed by atoms with van der Waals surface area (Å²) < 4.78 is 9.47. The molecule has 0 fully saturated rings. The van der Waals surface area contributed by atoms with E-state index in [0.29, 0.717) is 5.56 Å². The smallest absolute Gasteiger partial charge is 0.315 e. The van der Waals surface area contributed by atoms with Crippen LogP contribution in [0.4, 0.5) is 0 Å². The number of carbonyl (C=O) groups excluding carboxylic acids is 1. The Bertz CT molecular complexity index is 375. The first kappa shape index (κ1) is 12.3. The number of ether oxygens (including phenoxy) is 2. The summed E-state index contributed by atoms with van der Waals surface area (Å²) in [5.74, 6) is -1.07. The molecule has 0 amide bonds. The number of aromatic hydroxyl groups is 1. The van der Waals surface area contributed by atoms with E-state index in [0.717, 1.165) is 0 Å². The number of aliphatic hydroxyl groups is 1. The standard InChI is InChI=1S/C11H14O5/c1-15-10-5-7(3-4-9(10)13)8(6-12)11(14)16-2/h3-5,8,12-13H,6H2,1-2H3/t8-/m0/s1. The molecule has 1 aromatic rings. The maximum Gasteiger partial charge on any atom is 0.315 e. The molecule has 2 N–H and O–H groups in total. The average molecular weight is 226 g/mol. The highest BCUT2D eigenvalue weighted by atomic mass is 16.5. The van der Waals surface area contributed by atoms with Gasteiger partial charge in [0.05, 0.1) is 20.8 Å². The molecule has 0 aliphatic heterocycles. The van der Waals surface area contributed by atoms with Crippen molar-refractivity contribution in [2.24, 2.45) is 0 Å². The maximum atomic E-state index is 11.3. The minimum Gasteiger partial charge on any atom is -0.504 e. The van der Waals surface area contributed by atoms with Crippen molar-refractivity contribution >= 4 is 5.97 Å². The van der Waals surface area contributed by atoms with Crippen LogP contribution in [0.25, 0.3) is 0 Å². The summed E-state index contributed by atoms with van der Waals surface area (Å²) in [6.07, 6.45) is 0. The molecule has 16 heavy (non-hydrogen) atoms. The van der Waals surface area contributed by atoms with Gasteiger partial charge in [0.15, 0.2) is 11.5 Å². The van der Waals surface area contributed by atoms with E-state index in [1.165, 1.54) is 32.4 Å². The molecule has 0 heterocycles. The number of hydrogen-bond acceptors (Lipinski definition) is 5. The number of rotatable bonds is 4. The predicted molar refractivity (Wildman–Crippen MR) is 56.5 cm³/mol. The van der Waals surface area contributed by atoms with E-state index in [4.69, 9.17) is 9.84 Å². The van der Waals surface area contributed by atoms with Crippen molar-refractivity contribution in [2.45, 2.75) is 5.92 Å². The fourth-order valence-corrected chi connectivity index (χ4v) is 1.37. The second-order valence-corrected chi connectivity index (χ2v) is 3.19. The lowest BCUT2D eigenvalue weighted by molar-refractivity contribution is -0.143. The van der Waals surface area contributed by atoms with Gasteiger partial charge in [0.25, 0.3) is 0 Å².